The van der Waals surface area contributed by atoms with Gasteiger partial charge in [0.25, 0.3) is 0 Å². The summed E-state index contributed by atoms with van der Waals surface area (Å²) in [7, 11) is 8.78. The molecule has 9 atom stereocenters. The highest BCUT2D eigenvalue weighted by Crippen LogP contribution is 2.61. The predicted octanol–water partition coefficient (Wildman–Crippen LogP) is 5.37. The summed E-state index contributed by atoms with van der Waals surface area (Å²) in [5.41, 5.74) is -3.95. The van der Waals surface area contributed by atoms with Gasteiger partial charge in [-0.15, -0.1) is 0 Å². The number of hydrogen-bond donors (Lipinski definition) is 1. The average Bonchev–Trinajstić information content (AvgIpc) is 3.94. The van der Waals surface area contributed by atoms with Crippen molar-refractivity contribution in [1.82, 2.24) is 5.32 Å². The quantitative estimate of drug-likeness (QED) is 0.106. The van der Waals surface area contributed by atoms with Crippen LogP contribution < -0.4 is 5.32 Å². The standard InChI is InChI=1S/C52H74N4O16/c1-28(44-50(6,26-41(63)71-14)30(16-19-36(58)66-9)34(53-44)25-35-48(3,4)32(47(65)54-35)18-21-38(60)68-11)43-31(17-20-37(59)67-10)51(7,27-42(64)72-15)52(8,56-43)46-33(24-40(62)70-13)49(5,23-22-39(61)69-12)45(55-46)29(2)57/h25,30-33,46H,16-24,26-27H2,1-15H3,(H,54,65)/b35-25?,44-28-/t30-,31-,32-,33+,46-,49-,50+,51+,52+/m1/s1/i30+2,31+2,32+2,35+2,44+2,46+2,49+2,52+2. The number of methoxy groups -OCH3 is 7. The number of nitrogens with zero attached hydrogens (tertiary/aromatic N) is 3. The van der Waals surface area contributed by atoms with Crippen LogP contribution in [0.3, 0.4) is 0 Å². The number of rotatable bonds is 22. The van der Waals surface area contributed by atoms with Gasteiger partial charge in [-0.25, -0.2) is 0 Å². The van der Waals surface area contributed by atoms with E-state index in [9.17, 15) is 43.2 Å². The SMILES string of the molecule is COC(=O)CC[14C@@H]1C(=O)N[14C](=CC2=N/[14C](=C(/C)C3=N[14C@@](C)([14C@@H]4N=C(C(C)=O)[14C@](C)(CCC(=O)OC)[C@H]4CC(=O)OC)[C@@](C)(CC(=O)OC)[14C@@H]3CCC(=O)OC)[C@@](C)(CC(=O)OC)[14C@@H]2CCC(=O)OC)C1(C)C. The Hall–Kier alpha value is -6.08. The molecule has 1 N–H and O–H groups in total. The molecular weight excluding hydrogens is 953 g/mol. The Bertz CT molecular complexity index is 2360. The molecule has 4 aliphatic heterocycles. The van der Waals surface area contributed by atoms with Crippen molar-refractivity contribution >= 4 is 70.6 Å². The molecule has 0 spiro atoms. The van der Waals surface area contributed by atoms with Gasteiger partial charge in [0.15, 0.2) is 5.78 Å². The second-order valence-electron chi connectivity index (χ2n) is 20.6. The molecular formula is C52H74N4O16. The lowest BCUT2D eigenvalue weighted by Crippen LogP contribution is -2.55. The van der Waals surface area contributed by atoms with Gasteiger partial charge < -0.3 is 38.5 Å². The highest BCUT2D eigenvalue weighted by molar-refractivity contribution is 6.41. The van der Waals surface area contributed by atoms with Crippen LogP contribution >= 0.6 is 0 Å². The fraction of sp³-hybridized carbons (Fsp3) is 0.692. The number of allylic oxidation sites excluding steroid dienone is 4. The smallest absolute Gasteiger partial charge is 0.306 e. The molecule has 72 heavy (non-hydrogen) atoms. The Balaban J connectivity index is 2.17. The Labute approximate surface area is 421 Å². The topological polar surface area (TPSA) is 267 Å². The van der Waals surface area contributed by atoms with Crippen molar-refractivity contribution in [2.75, 3.05) is 49.8 Å². The first-order valence-electron chi connectivity index (χ1n) is 24.1. The summed E-state index contributed by atoms with van der Waals surface area (Å²) < 4.78 is 35.9. The number of Topliss-reactive ketones (excluding diaryl/α,β-unsaturated/α-hetero) is 1. The van der Waals surface area contributed by atoms with E-state index in [0.29, 0.717) is 28.4 Å². The van der Waals surface area contributed by atoms with E-state index in [4.69, 9.17) is 48.1 Å². The molecule has 0 aromatic heterocycles. The van der Waals surface area contributed by atoms with Gasteiger partial charge in [-0.05, 0) is 51.2 Å². The third-order valence-corrected chi connectivity index (χ3v) is 16.4. The van der Waals surface area contributed by atoms with E-state index >= 15 is 0 Å². The maximum Gasteiger partial charge on any atom is 0.306 e. The fourth-order valence-corrected chi connectivity index (χ4v) is 11.8. The Morgan fingerprint density at radius 1 is 0.667 bits per heavy atom. The van der Waals surface area contributed by atoms with Gasteiger partial charge in [0, 0.05) is 95.1 Å². The van der Waals surface area contributed by atoms with Crippen LogP contribution in [0.5, 0.6) is 0 Å². The molecule has 20 nitrogen and oxygen atoms in total. The summed E-state index contributed by atoms with van der Waals surface area (Å²) in [5.74, 6) is -7.62. The van der Waals surface area contributed by atoms with Gasteiger partial charge in [-0.2, -0.15) is 0 Å². The summed E-state index contributed by atoms with van der Waals surface area (Å²) >= 11 is 0. The maximum atomic E-state index is 13.9. The van der Waals surface area contributed by atoms with Crippen LogP contribution in [-0.2, 0) is 76.3 Å². The summed E-state index contributed by atoms with van der Waals surface area (Å²) in [4.78, 5) is 135. The zero-order chi connectivity index (χ0) is 54.3. The zero-order valence-electron chi connectivity index (χ0n) is 44.6. The molecule has 398 valence electrons. The van der Waals surface area contributed by atoms with Crippen molar-refractivity contribution in [2.24, 2.45) is 60.3 Å². The van der Waals surface area contributed by atoms with Crippen molar-refractivity contribution in [1.29, 1.82) is 0 Å². The third kappa shape index (κ3) is 11.4. The van der Waals surface area contributed by atoms with E-state index in [-0.39, 0.29) is 82.2 Å². The normalized spacial score (nSPS) is 30.6. The minimum atomic E-state index is -1.50. The molecule has 20 heteroatoms. The lowest BCUT2D eigenvalue weighted by Gasteiger charge is -2.48. The number of carbonyl (C=O) groups is 9. The highest BCUT2D eigenvalue weighted by Gasteiger charge is 2.66. The average molecular weight is 1030 g/mol. The molecule has 4 heterocycles. The van der Waals surface area contributed by atoms with Crippen LogP contribution in [0, 0.1) is 45.3 Å². The number of carbonyl (C=O) groups excluding carboxylic acids is 9. The second-order valence-corrected chi connectivity index (χ2v) is 20.6. The van der Waals surface area contributed by atoms with Crippen LogP contribution in [0.1, 0.15) is 126 Å². The largest absolute Gasteiger partial charge is 0.469 e. The Morgan fingerprint density at radius 2 is 1.14 bits per heavy atom. The highest BCUT2D eigenvalue weighted by atomic mass is 16.5. The van der Waals surface area contributed by atoms with E-state index in [2.05, 4.69) is 5.32 Å². The lowest BCUT2D eigenvalue weighted by atomic mass is 10.0. The first kappa shape index (κ1) is 58.5. The maximum absolute atomic E-state index is 13.9. The van der Waals surface area contributed by atoms with Crippen molar-refractivity contribution in [2.45, 2.75) is 138 Å². The van der Waals surface area contributed by atoms with Gasteiger partial charge in [0.05, 0.1) is 92.0 Å². The summed E-state index contributed by atoms with van der Waals surface area (Å²) in [6.07, 6.45) is 1.03. The van der Waals surface area contributed by atoms with E-state index in [1.807, 2.05) is 27.7 Å². The number of nitrogens with one attached hydrogen (secondary N) is 1. The number of hydrogen-bond acceptors (Lipinski definition) is 19. The molecule has 4 aliphatic rings. The molecule has 0 saturated carbocycles. The van der Waals surface area contributed by atoms with Crippen LogP contribution in [0.15, 0.2) is 38.0 Å². The van der Waals surface area contributed by atoms with Crippen molar-refractivity contribution < 1.29 is 76.3 Å². The van der Waals surface area contributed by atoms with E-state index in [1.54, 1.807) is 26.8 Å². The number of esters is 7. The first-order chi connectivity index (χ1) is 33.6. The number of amides is 1. The van der Waals surface area contributed by atoms with Crippen LogP contribution in [0.4, 0.5) is 0 Å². The fourth-order valence-electron chi connectivity index (χ4n) is 11.8. The van der Waals surface area contributed by atoms with Crippen molar-refractivity contribution in [3.05, 3.63) is 23.0 Å². The van der Waals surface area contributed by atoms with Crippen molar-refractivity contribution in [3.8, 4) is 0 Å². The van der Waals surface area contributed by atoms with Gasteiger partial charge in [-0.3, -0.25) is 58.1 Å². The minimum absolute atomic E-state index is 0.00273. The monoisotopic (exact) mass is 1030 g/mol. The Kier molecular flexibility index (Phi) is 18.8. The summed E-state index contributed by atoms with van der Waals surface area (Å²) in [5, 5.41) is 3.00. The molecule has 0 aromatic carbocycles. The van der Waals surface area contributed by atoms with E-state index in [0.717, 1.165) is 0 Å². The predicted molar refractivity (Wildman–Crippen MR) is 261 cm³/mol. The second kappa shape index (κ2) is 23.2. The molecule has 1 amide bonds. The number of ketones is 1. The summed E-state index contributed by atoms with van der Waals surface area (Å²) in [6, 6.07) is -1.04. The Morgan fingerprint density at radius 3 is 1.64 bits per heavy atom. The number of aliphatic imine (C=N–C) groups is 3. The lowest BCUT2D eigenvalue weighted by molar-refractivity contribution is -0.147. The molecule has 0 radical (unpaired) electrons. The van der Waals surface area contributed by atoms with E-state index < -0.39 is 104 Å². The van der Waals surface area contributed by atoms with Gasteiger partial charge >= 0.3 is 41.8 Å². The molecule has 4 rings (SSSR count). The molecule has 1 saturated heterocycles. The minimum Gasteiger partial charge on any atom is -0.469 e. The van der Waals surface area contributed by atoms with Gasteiger partial charge in [0.1, 0.15) is 0 Å². The molecule has 0 bridgehead atoms. The zero-order valence-corrected chi connectivity index (χ0v) is 44.6. The third-order valence-electron chi connectivity index (χ3n) is 16.4. The van der Waals surface area contributed by atoms with E-state index in [1.165, 1.54) is 56.7 Å². The first-order valence-corrected chi connectivity index (χ1v) is 24.1. The molecule has 0 aliphatic carbocycles. The van der Waals surface area contributed by atoms with Crippen LogP contribution in [-0.4, -0.2) is 132 Å². The van der Waals surface area contributed by atoms with Crippen molar-refractivity contribution in [3.63, 3.8) is 0 Å². The number of ether oxygens (including phenoxy) is 7. The van der Waals surface area contributed by atoms with Gasteiger partial charge in [0.2, 0.25) is 5.91 Å². The summed E-state index contributed by atoms with van der Waals surface area (Å²) in [6.45, 7) is 14.1. The van der Waals surface area contributed by atoms with Crippen LogP contribution in [0.2, 0.25) is 0 Å². The molecule has 0 unspecified atom stereocenters. The molecule has 1 fully saturated rings. The molecule has 0 aromatic rings. The van der Waals surface area contributed by atoms with Crippen LogP contribution in [0.25, 0.3) is 0 Å². The van der Waals surface area contributed by atoms with Gasteiger partial charge in [-0.1, -0.05) is 34.6 Å².